The first kappa shape index (κ1) is 15.1. The van der Waals surface area contributed by atoms with Crippen molar-refractivity contribution < 1.29 is 13.9 Å². The SMILES string of the molecule is CCc1ccc(C(=O)NCCOC2CCCCC2C)o1. The zero-order valence-electron chi connectivity index (χ0n) is 12.5. The minimum absolute atomic E-state index is 0.162. The Bertz CT molecular complexity index is 427. The molecule has 4 nitrogen and oxygen atoms in total. The molecule has 20 heavy (non-hydrogen) atoms. The van der Waals surface area contributed by atoms with Crippen molar-refractivity contribution in [1.29, 1.82) is 0 Å². The summed E-state index contributed by atoms with van der Waals surface area (Å²) in [5.41, 5.74) is 0. The number of amides is 1. The Hall–Kier alpha value is -1.29. The van der Waals surface area contributed by atoms with Gasteiger partial charge in [0.1, 0.15) is 5.76 Å². The van der Waals surface area contributed by atoms with Gasteiger partial charge in [0.15, 0.2) is 5.76 Å². The average molecular weight is 279 g/mol. The van der Waals surface area contributed by atoms with Crippen molar-refractivity contribution in [2.75, 3.05) is 13.2 Å². The van der Waals surface area contributed by atoms with E-state index in [2.05, 4.69) is 12.2 Å². The monoisotopic (exact) mass is 279 g/mol. The van der Waals surface area contributed by atoms with Crippen molar-refractivity contribution in [2.45, 2.75) is 52.1 Å². The van der Waals surface area contributed by atoms with E-state index in [9.17, 15) is 4.79 Å². The van der Waals surface area contributed by atoms with Crippen molar-refractivity contribution in [1.82, 2.24) is 5.32 Å². The summed E-state index contributed by atoms with van der Waals surface area (Å²) in [5, 5.41) is 2.83. The van der Waals surface area contributed by atoms with Gasteiger partial charge in [0, 0.05) is 13.0 Å². The molecular formula is C16H25NO3. The van der Waals surface area contributed by atoms with Crippen LogP contribution in [-0.2, 0) is 11.2 Å². The van der Waals surface area contributed by atoms with Gasteiger partial charge in [0.2, 0.25) is 0 Å². The zero-order chi connectivity index (χ0) is 14.4. The fourth-order valence-corrected chi connectivity index (χ4v) is 2.68. The predicted octanol–water partition coefficient (Wildman–Crippen LogP) is 3.17. The van der Waals surface area contributed by atoms with Crippen LogP contribution in [0.25, 0.3) is 0 Å². The Balaban J connectivity index is 1.66. The van der Waals surface area contributed by atoms with Gasteiger partial charge in [-0.25, -0.2) is 0 Å². The first-order valence-electron chi connectivity index (χ1n) is 7.69. The van der Waals surface area contributed by atoms with E-state index in [0.29, 0.717) is 30.9 Å². The molecule has 1 saturated carbocycles. The second-order valence-corrected chi connectivity index (χ2v) is 5.55. The molecule has 0 aliphatic heterocycles. The minimum atomic E-state index is -0.162. The van der Waals surface area contributed by atoms with Crippen LogP contribution in [0.15, 0.2) is 16.5 Å². The van der Waals surface area contributed by atoms with Gasteiger partial charge in [-0.2, -0.15) is 0 Å². The van der Waals surface area contributed by atoms with E-state index in [1.54, 1.807) is 6.07 Å². The molecule has 1 aromatic rings. The fourth-order valence-electron chi connectivity index (χ4n) is 2.68. The molecule has 1 heterocycles. The topological polar surface area (TPSA) is 51.5 Å². The van der Waals surface area contributed by atoms with Gasteiger partial charge in [-0.05, 0) is 30.9 Å². The summed E-state index contributed by atoms with van der Waals surface area (Å²) in [7, 11) is 0. The van der Waals surface area contributed by atoms with Gasteiger partial charge >= 0.3 is 0 Å². The molecule has 0 saturated heterocycles. The van der Waals surface area contributed by atoms with Gasteiger partial charge in [-0.1, -0.05) is 26.7 Å². The molecule has 1 aromatic heterocycles. The molecule has 0 bridgehead atoms. The summed E-state index contributed by atoms with van der Waals surface area (Å²) < 4.78 is 11.3. The highest BCUT2D eigenvalue weighted by atomic mass is 16.5. The number of rotatable bonds is 6. The lowest BCUT2D eigenvalue weighted by atomic mass is 9.88. The molecule has 1 amide bonds. The van der Waals surface area contributed by atoms with Gasteiger partial charge in [-0.3, -0.25) is 4.79 Å². The molecular weight excluding hydrogens is 254 g/mol. The van der Waals surface area contributed by atoms with E-state index in [0.717, 1.165) is 18.6 Å². The van der Waals surface area contributed by atoms with E-state index >= 15 is 0 Å². The molecule has 1 aliphatic carbocycles. The Morgan fingerprint density at radius 1 is 1.40 bits per heavy atom. The summed E-state index contributed by atoms with van der Waals surface area (Å²) in [6, 6.07) is 3.56. The summed E-state index contributed by atoms with van der Waals surface area (Å²) in [5.74, 6) is 1.69. The normalized spacial score (nSPS) is 22.7. The molecule has 2 atom stereocenters. The number of carbonyl (C=O) groups excluding carboxylic acids is 1. The standard InChI is InChI=1S/C16H25NO3/c1-3-13-8-9-15(20-13)16(18)17-10-11-19-14-7-5-4-6-12(14)2/h8-9,12,14H,3-7,10-11H2,1-2H3,(H,17,18). The Morgan fingerprint density at radius 2 is 2.20 bits per heavy atom. The quantitative estimate of drug-likeness (QED) is 0.814. The van der Waals surface area contributed by atoms with Crippen LogP contribution in [0, 0.1) is 5.92 Å². The fraction of sp³-hybridized carbons (Fsp3) is 0.688. The number of aryl methyl sites for hydroxylation is 1. The number of hydrogen-bond donors (Lipinski definition) is 1. The minimum Gasteiger partial charge on any atom is -0.456 e. The first-order valence-corrected chi connectivity index (χ1v) is 7.69. The highest BCUT2D eigenvalue weighted by molar-refractivity contribution is 5.91. The smallest absolute Gasteiger partial charge is 0.287 e. The average Bonchev–Trinajstić information content (AvgIpc) is 2.94. The van der Waals surface area contributed by atoms with E-state index in [1.165, 1.54) is 19.3 Å². The molecule has 0 spiro atoms. The van der Waals surface area contributed by atoms with Crippen LogP contribution in [0.5, 0.6) is 0 Å². The van der Waals surface area contributed by atoms with Crippen LogP contribution >= 0.6 is 0 Å². The van der Waals surface area contributed by atoms with E-state index < -0.39 is 0 Å². The van der Waals surface area contributed by atoms with Crippen molar-refractivity contribution in [3.63, 3.8) is 0 Å². The van der Waals surface area contributed by atoms with Crippen LogP contribution in [0.3, 0.4) is 0 Å². The van der Waals surface area contributed by atoms with Gasteiger partial charge < -0.3 is 14.5 Å². The molecule has 1 aliphatic rings. The Kier molecular flexibility index (Phi) is 5.65. The number of ether oxygens (including phenoxy) is 1. The summed E-state index contributed by atoms with van der Waals surface area (Å²) in [6.45, 7) is 5.35. The van der Waals surface area contributed by atoms with Crippen LogP contribution in [0.1, 0.15) is 55.8 Å². The third-order valence-corrected chi connectivity index (χ3v) is 3.99. The van der Waals surface area contributed by atoms with E-state index in [4.69, 9.17) is 9.15 Å². The number of carbonyl (C=O) groups is 1. The van der Waals surface area contributed by atoms with Crippen molar-refractivity contribution >= 4 is 5.91 Å². The first-order chi connectivity index (χ1) is 9.70. The third kappa shape index (κ3) is 4.10. The van der Waals surface area contributed by atoms with E-state index in [-0.39, 0.29) is 5.91 Å². The highest BCUT2D eigenvalue weighted by Gasteiger charge is 2.21. The lowest BCUT2D eigenvalue weighted by Crippen LogP contribution is -2.31. The molecule has 0 radical (unpaired) electrons. The summed E-state index contributed by atoms with van der Waals surface area (Å²) >= 11 is 0. The van der Waals surface area contributed by atoms with Gasteiger partial charge in [0.05, 0.1) is 12.7 Å². The lowest BCUT2D eigenvalue weighted by Gasteiger charge is -2.28. The van der Waals surface area contributed by atoms with Crippen molar-refractivity contribution in [2.24, 2.45) is 5.92 Å². The predicted molar refractivity (Wildman–Crippen MR) is 77.8 cm³/mol. The summed E-state index contributed by atoms with van der Waals surface area (Å²) in [4.78, 5) is 11.8. The molecule has 2 unspecified atom stereocenters. The van der Waals surface area contributed by atoms with Gasteiger partial charge in [0.25, 0.3) is 5.91 Å². The Labute approximate surface area is 120 Å². The third-order valence-electron chi connectivity index (χ3n) is 3.99. The molecule has 2 rings (SSSR count). The van der Waals surface area contributed by atoms with E-state index in [1.807, 2.05) is 13.0 Å². The number of furan rings is 1. The molecule has 1 fully saturated rings. The van der Waals surface area contributed by atoms with Crippen molar-refractivity contribution in [3.8, 4) is 0 Å². The largest absolute Gasteiger partial charge is 0.456 e. The van der Waals surface area contributed by atoms with Crippen LogP contribution in [0.4, 0.5) is 0 Å². The number of hydrogen-bond acceptors (Lipinski definition) is 3. The summed E-state index contributed by atoms with van der Waals surface area (Å²) in [6.07, 6.45) is 6.13. The lowest BCUT2D eigenvalue weighted by molar-refractivity contribution is -0.00300. The Morgan fingerprint density at radius 3 is 2.90 bits per heavy atom. The van der Waals surface area contributed by atoms with Crippen LogP contribution in [-0.4, -0.2) is 25.2 Å². The highest BCUT2D eigenvalue weighted by Crippen LogP contribution is 2.25. The van der Waals surface area contributed by atoms with Crippen LogP contribution in [0.2, 0.25) is 0 Å². The zero-order valence-corrected chi connectivity index (χ0v) is 12.5. The maximum absolute atomic E-state index is 11.8. The maximum Gasteiger partial charge on any atom is 0.287 e. The number of nitrogens with one attached hydrogen (secondary N) is 1. The molecule has 1 N–H and O–H groups in total. The van der Waals surface area contributed by atoms with Crippen molar-refractivity contribution in [3.05, 3.63) is 23.7 Å². The molecule has 4 heteroatoms. The maximum atomic E-state index is 11.8. The molecule has 112 valence electrons. The van der Waals surface area contributed by atoms with Crippen LogP contribution < -0.4 is 5.32 Å². The van der Waals surface area contributed by atoms with Gasteiger partial charge in [-0.15, -0.1) is 0 Å². The second-order valence-electron chi connectivity index (χ2n) is 5.55. The molecule has 0 aromatic carbocycles. The second kappa shape index (κ2) is 7.48.